The molecule has 74 valence electrons. The monoisotopic (exact) mass is 184 g/mol. The number of epoxide rings is 1. The van der Waals surface area contributed by atoms with Crippen molar-refractivity contribution in [3.8, 4) is 0 Å². The summed E-state index contributed by atoms with van der Waals surface area (Å²) in [6, 6.07) is 0. The highest BCUT2D eigenvalue weighted by molar-refractivity contribution is 5.79. The number of rotatable bonds is 1. The van der Waals surface area contributed by atoms with Crippen LogP contribution in [0.1, 0.15) is 32.6 Å². The van der Waals surface area contributed by atoms with E-state index in [1.165, 1.54) is 20.0 Å². The van der Waals surface area contributed by atoms with Gasteiger partial charge in [-0.3, -0.25) is 0 Å². The molecule has 13 heavy (non-hydrogen) atoms. The van der Waals surface area contributed by atoms with Crippen LogP contribution in [-0.2, 0) is 14.3 Å². The maximum absolute atomic E-state index is 11.2. The molecule has 2 fully saturated rings. The van der Waals surface area contributed by atoms with Crippen LogP contribution >= 0.6 is 0 Å². The Morgan fingerprint density at radius 2 is 2.38 bits per heavy atom. The van der Waals surface area contributed by atoms with Crippen LogP contribution in [0.5, 0.6) is 0 Å². The molecule has 0 radical (unpaired) electrons. The second-order valence-corrected chi connectivity index (χ2v) is 4.29. The van der Waals surface area contributed by atoms with Crippen LogP contribution in [0.4, 0.5) is 0 Å². The summed E-state index contributed by atoms with van der Waals surface area (Å²) in [6.07, 6.45) is 4.22. The molecule has 0 amide bonds. The Balaban J connectivity index is 1.97. The molecule has 0 aromatic rings. The van der Waals surface area contributed by atoms with Gasteiger partial charge in [-0.2, -0.15) is 0 Å². The van der Waals surface area contributed by atoms with Crippen molar-refractivity contribution in [3.63, 3.8) is 0 Å². The fourth-order valence-corrected chi connectivity index (χ4v) is 2.46. The van der Waals surface area contributed by atoms with Gasteiger partial charge in [0.1, 0.15) is 5.60 Å². The van der Waals surface area contributed by atoms with E-state index in [-0.39, 0.29) is 17.7 Å². The standard InChI is InChI=1S/C10H16O3/c1-7-4-3-5-10(6-7)8(13-10)9(11)12-2/h7-8H,3-6H2,1-2H3. The van der Waals surface area contributed by atoms with E-state index in [1.54, 1.807) is 0 Å². The molecular formula is C10H16O3. The van der Waals surface area contributed by atoms with Gasteiger partial charge >= 0.3 is 5.97 Å². The van der Waals surface area contributed by atoms with Crippen LogP contribution in [-0.4, -0.2) is 24.8 Å². The second kappa shape index (κ2) is 2.98. The fraction of sp³-hybridized carbons (Fsp3) is 0.900. The molecule has 0 bridgehead atoms. The van der Waals surface area contributed by atoms with Gasteiger partial charge in [0.05, 0.1) is 7.11 Å². The van der Waals surface area contributed by atoms with E-state index < -0.39 is 0 Å². The van der Waals surface area contributed by atoms with Crippen molar-refractivity contribution in [2.45, 2.75) is 44.3 Å². The number of esters is 1. The van der Waals surface area contributed by atoms with Crippen LogP contribution in [0.25, 0.3) is 0 Å². The normalized spacial score (nSPS) is 43.2. The third-order valence-electron chi connectivity index (χ3n) is 3.18. The number of ether oxygens (including phenoxy) is 2. The second-order valence-electron chi connectivity index (χ2n) is 4.29. The molecule has 3 heteroatoms. The van der Waals surface area contributed by atoms with Crippen LogP contribution < -0.4 is 0 Å². The molecule has 0 N–H and O–H groups in total. The molecule has 1 saturated carbocycles. The minimum absolute atomic E-state index is 0.134. The number of hydrogen-bond acceptors (Lipinski definition) is 3. The van der Waals surface area contributed by atoms with E-state index in [4.69, 9.17) is 4.74 Å². The van der Waals surface area contributed by atoms with Crippen molar-refractivity contribution in [3.05, 3.63) is 0 Å². The lowest BCUT2D eigenvalue weighted by molar-refractivity contribution is -0.142. The van der Waals surface area contributed by atoms with Gasteiger partial charge in [-0.15, -0.1) is 0 Å². The summed E-state index contributed by atoms with van der Waals surface area (Å²) in [6.45, 7) is 2.22. The van der Waals surface area contributed by atoms with Gasteiger partial charge in [0, 0.05) is 0 Å². The van der Waals surface area contributed by atoms with Gasteiger partial charge in [-0.05, 0) is 18.8 Å². The largest absolute Gasteiger partial charge is 0.467 e. The Morgan fingerprint density at radius 3 is 3.00 bits per heavy atom. The first-order chi connectivity index (χ1) is 6.18. The van der Waals surface area contributed by atoms with Gasteiger partial charge < -0.3 is 9.47 Å². The highest BCUT2D eigenvalue weighted by Gasteiger charge is 2.62. The van der Waals surface area contributed by atoms with Crippen molar-refractivity contribution in [2.24, 2.45) is 5.92 Å². The predicted molar refractivity (Wildman–Crippen MR) is 47.3 cm³/mol. The van der Waals surface area contributed by atoms with Crippen molar-refractivity contribution < 1.29 is 14.3 Å². The molecule has 3 atom stereocenters. The first kappa shape index (κ1) is 9.00. The molecule has 0 aromatic heterocycles. The minimum atomic E-state index is -0.264. The number of hydrogen-bond donors (Lipinski definition) is 0. The maximum atomic E-state index is 11.2. The number of methoxy groups -OCH3 is 1. The third kappa shape index (κ3) is 1.46. The zero-order valence-electron chi connectivity index (χ0n) is 8.21. The number of carbonyl (C=O) groups excluding carboxylic acids is 1. The van der Waals surface area contributed by atoms with E-state index in [1.807, 2.05) is 0 Å². The smallest absolute Gasteiger partial charge is 0.338 e. The molecule has 1 spiro atoms. The van der Waals surface area contributed by atoms with Gasteiger partial charge in [0.25, 0.3) is 0 Å². The molecule has 3 nitrogen and oxygen atoms in total. The highest BCUT2D eigenvalue weighted by atomic mass is 16.7. The molecule has 3 unspecified atom stereocenters. The zero-order valence-corrected chi connectivity index (χ0v) is 8.21. The summed E-state index contributed by atoms with van der Waals surface area (Å²) < 4.78 is 10.2. The Morgan fingerprint density at radius 1 is 1.62 bits per heavy atom. The molecule has 2 aliphatic rings. The fourth-order valence-electron chi connectivity index (χ4n) is 2.46. The average Bonchev–Trinajstić information content (AvgIpc) is 2.78. The first-order valence-corrected chi connectivity index (χ1v) is 4.93. The summed E-state index contributed by atoms with van der Waals surface area (Å²) in [5.74, 6) is 0.484. The van der Waals surface area contributed by atoms with Crippen LogP contribution in [0.3, 0.4) is 0 Å². The molecule has 2 rings (SSSR count). The van der Waals surface area contributed by atoms with Gasteiger partial charge in [0.15, 0.2) is 6.10 Å². The summed E-state index contributed by atoms with van der Waals surface area (Å²) in [5.41, 5.74) is -0.134. The van der Waals surface area contributed by atoms with Crippen molar-refractivity contribution >= 4 is 5.97 Å². The van der Waals surface area contributed by atoms with Crippen LogP contribution in [0.15, 0.2) is 0 Å². The van der Waals surface area contributed by atoms with Crippen LogP contribution in [0, 0.1) is 5.92 Å². The Labute approximate surface area is 78.4 Å². The minimum Gasteiger partial charge on any atom is -0.467 e. The third-order valence-corrected chi connectivity index (χ3v) is 3.18. The highest BCUT2D eigenvalue weighted by Crippen LogP contribution is 2.50. The Bertz CT molecular complexity index is 226. The number of carbonyl (C=O) groups is 1. The average molecular weight is 184 g/mol. The van der Waals surface area contributed by atoms with Crippen molar-refractivity contribution in [2.75, 3.05) is 7.11 Å². The van der Waals surface area contributed by atoms with Gasteiger partial charge in [-0.1, -0.05) is 19.8 Å². The van der Waals surface area contributed by atoms with Crippen LogP contribution in [0.2, 0.25) is 0 Å². The van der Waals surface area contributed by atoms with Crippen molar-refractivity contribution in [1.82, 2.24) is 0 Å². The zero-order chi connectivity index (χ0) is 9.47. The predicted octanol–water partition coefficient (Wildman–Crippen LogP) is 1.51. The topological polar surface area (TPSA) is 38.8 Å². The molecule has 1 aliphatic carbocycles. The summed E-state index contributed by atoms with van der Waals surface area (Å²) in [5, 5.41) is 0. The molecule has 1 aliphatic heterocycles. The summed E-state index contributed by atoms with van der Waals surface area (Å²) in [7, 11) is 1.42. The van der Waals surface area contributed by atoms with Gasteiger partial charge in [-0.25, -0.2) is 4.79 Å². The molecule has 1 saturated heterocycles. The maximum Gasteiger partial charge on any atom is 0.338 e. The lowest BCUT2D eigenvalue weighted by atomic mass is 9.80. The molecule has 1 heterocycles. The molecule has 0 aromatic carbocycles. The van der Waals surface area contributed by atoms with E-state index in [0.717, 1.165) is 12.8 Å². The van der Waals surface area contributed by atoms with E-state index in [2.05, 4.69) is 11.7 Å². The summed E-state index contributed by atoms with van der Waals surface area (Å²) in [4.78, 5) is 11.2. The van der Waals surface area contributed by atoms with E-state index in [9.17, 15) is 4.79 Å². The lowest BCUT2D eigenvalue weighted by Crippen LogP contribution is -2.27. The van der Waals surface area contributed by atoms with Crippen molar-refractivity contribution in [1.29, 1.82) is 0 Å². The van der Waals surface area contributed by atoms with E-state index >= 15 is 0 Å². The molecular weight excluding hydrogens is 168 g/mol. The quantitative estimate of drug-likeness (QED) is 0.458. The lowest BCUT2D eigenvalue weighted by Gasteiger charge is -2.23. The SMILES string of the molecule is COC(=O)C1OC12CCCC(C)C2. The summed E-state index contributed by atoms with van der Waals surface area (Å²) >= 11 is 0. The first-order valence-electron chi connectivity index (χ1n) is 4.93. The Kier molecular flexibility index (Phi) is 2.06. The van der Waals surface area contributed by atoms with E-state index in [0.29, 0.717) is 5.92 Å². The van der Waals surface area contributed by atoms with Gasteiger partial charge in [0.2, 0.25) is 0 Å². The Hall–Kier alpha value is -0.570.